The number of imidazole rings is 1. The molecule has 0 aromatic carbocycles. The normalized spacial score (nSPS) is 12.8. The maximum Gasteiger partial charge on any atom is 0.122 e. The summed E-state index contributed by atoms with van der Waals surface area (Å²) in [7, 11) is 0. The van der Waals surface area contributed by atoms with E-state index in [1.807, 2.05) is 23.3 Å². The first-order valence-electron chi connectivity index (χ1n) is 6.41. The van der Waals surface area contributed by atoms with Crippen molar-refractivity contribution in [3.8, 4) is 0 Å². The van der Waals surface area contributed by atoms with Crippen molar-refractivity contribution in [1.29, 1.82) is 0 Å². The predicted octanol–water partition coefficient (Wildman–Crippen LogP) is 1.59. The van der Waals surface area contributed by atoms with Gasteiger partial charge in [0.25, 0.3) is 0 Å². The molecule has 1 N–H and O–H groups in total. The molecule has 1 atom stereocenters. The third kappa shape index (κ3) is 3.20. The van der Waals surface area contributed by atoms with Crippen LogP contribution in [-0.2, 0) is 19.6 Å². The molecule has 2 aromatic rings. The lowest BCUT2D eigenvalue weighted by molar-refractivity contribution is 0.440. The average Bonchev–Trinajstić information content (AvgIpc) is 2.95. The third-order valence-electron chi connectivity index (χ3n) is 2.97. The van der Waals surface area contributed by atoms with Crippen LogP contribution in [0.2, 0.25) is 0 Å². The van der Waals surface area contributed by atoms with Crippen molar-refractivity contribution < 1.29 is 0 Å². The summed E-state index contributed by atoms with van der Waals surface area (Å²) < 4.78 is 4.12. The zero-order chi connectivity index (χ0) is 13.0. The lowest BCUT2D eigenvalue weighted by atomic mass is 10.3. The third-order valence-corrected chi connectivity index (χ3v) is 2.97. The Morgan fingerprint density at radius 3 is 2.94 bits per heavy atom. The first-order chi connectivity index (χ1) is 8.69. The van der Waals surface area contributed by atoms with Crippen molar-refractivity contribution >= 4 is 0 Å². The molecular formula is C13H21N5. The highest BCUT2D eigenvalue weighted by atomic mass is 15.3. The van der Waals surface area contributed by atoms with Gasteiger partial charge < -0.3 is 9.88 Å². The fourth-order valence-electron chi connectivity index (χ4n) is 1.97. The molecule has 0 spiro atoms. The molecule has 0 amide bonds. The number of nitrogens with zero attached hydrogens (tertiary/aromatic N) is 4. The molecule has 0 saturated carbocycles. The Labute approximate surface area is 108 Å². The molecule has 5 heteroatoms. The predicted molar refractivity (Wildman–Crippen MR) is 71.2 cm³/mol. The topological polar surface area (TPSA) is 47.7 Å². The number of aromatic nitrogens is 4. The van der Waals surface area contributed by atoms with Crippen molar-refractivity contribution in [3.63, 3.8) is 0 Å². The molecule has 0 aliphatic carbocycles. The lowest BCUT2D eigenvalue weighted by Gasteiger charge is -2.14. The molecule has 18 heavy (non-hydrogen) atoms. The number of hydrogen-bond acceptors (Lipinski definition) is 3. The summed E-state index contributed by atoms with van der Waals surface area (Å²) in [4.78, 5) is 4.35. The molecular weight excluding hydrogens is 226 g/mol. The summed E-state index contributed by atoms with van der Waals surface area (Å²) in [5.74, 6) is 1.08. The van der Waals surface area contributed by atoms with Gasteiger partial charge in [-0.3, -0.25) is 4.68 Å². The van der Waals surface area contributed by atoms with E-state index in [0.717, 1.165) is 25.5 Å². The van der Waals surface area contributed by atoms with Crippen LogP contribution in [0.1, 0.15) is 25.2 Å². The van der Waals surface area contributed by atoms with E-state index >= 15 is 0 Å². The van der Waals surface area contributed by atoms with Crippen molar-refractivity contribution in [2.75, 3.05) is 0 Å². The van der Waals surface area contributed by atoms with E-state index in [0.29, 0.717) is 6.04 Å². The molecule has 98 valence electrons. The van der Waals surface area contributed by atoms with Gasteiger partial charge in [0.15, 0.2) is 0 Å². The smallest absolute Gasteiger partial charge is 0.122 e. The van der Waals surface area contributed by atoms with Gasteiger partial charge in [0.1, 0.15) is 5.82 Å². The summed E-state index contributed by atoms with van der Waals surface area (Å²) in [6.07, 6.45) is 7.81. The number of hydrogen-bond donors (Lipinski definition) is 1. The molecule has 5 nitrogen and oxygen atoms in total. The quantitative estimate of drug-likeness (QED) is 0.843. The first-order valence-corrected chi connectivity index (χ1v) is 6.41. The molecule has 0 aliphatic rings. The highest BCUT2D eigenvalue weighted by molar-refractivity contribution is 4.99. The molecule has 2 aromatic heterocycles. The largest absolute Gasteiger partial charge is 0.334 e. The first kappa shape index (κ1) is 12.8. The second kappa shape index (κ2) is 5.82. The van der Waals surface area contributed by atoms with Crippen LogP contribution in [0.4, 0.5) is 0 Å². The van der Waals surface area contributed by atoms with Crippen LogP contribution >= 0.6 is 0 Å². The Morgan fingerprint density at radius 1 is 1.44 bits per heavy atom. The summed E-state index contributed by atoms with van der Waals surface area (Å²) in [5, 5.41) is 7.76. The van der Waals surface area contributed by atoms with Gasteiger partial charge in [0.2, 0.25) is 0 Å². The van der Waals surface area contributed by atoms with E-state index in [-0.39, 0.29) is 0 Å². The van der Waals surface area contributed by atoms with E-state index in [9.17, 15) is 0 Å². The second-order valence-corrected chi connectivity index (χ2v) is 4.65. The van der Waals surface area contributed by atoms with Gasteiger partial charge in [-0.2, -0.15) is 5.10 Å². The van der Waals surface area contributed by atoms with E-state index < -0.39 is 0 Å². The Hall–Kier alpha value is -1.62. The number of rotatable bonds is 6. The highest BCUT2D eigenvalue weighted by Crippen LogP contribution is 2.00. The molecule has 2 rings (SSSR count). The van der Waals surface area contributed by atoms with Gasteiger partial charge >= 0.3 is 0 Å². The zero-order valence-electron chi connectivity index (χ0n) is 11.3. The zero-order valence-corrected chi connectivity index (χ0v) is 11.3. The van der Waals surface area contributed by atoms with Crippen LogP contribution in [0, 0.1) is 6.92 Å². The molecule has 2 heterocycles. The maximum absolute atomic E-state index is 4.35. The van der Waals surface area contributed by atoms with E-state index in [1.165, 1.54) is 5.56 Å². The maximum atomic E-state index is 4.35. The Bertz CT molecular complexity index is 485. The Balaban J connectivity index is 1.83. The highest BCUT2D eigenvalue weighted by Gasteiger charge is 2.06. The summed E-state index contributed by atoms with van der Waals surface area (Å²) >= 11 is 0. The van der Waals surface area contributed by atoms with Gasteiger partial charge in [0.05, 0.1) is 19.3 Å². The molecule has 0 radical (unpaired) electrons. The Kier molecular flexibility index (Phi) is 4.15. The van der Waals surface area contributed by atoms with E-state index in [2.05, 4.69) is 46.9 Å². The van der Waals surface area contributed by atoms with Crippen LogP contribution in [-0.4, -0.2) is 25.4 Å². The monoisotopic (exact) mass is 247 g/mol. The summed E-state index contributed by atoms with van der Waals surface area (Å²) in [6, 6.07) is 0.367. The van der Waals surface area contributed by atoms with Crippen molar-refractivity contribution in [2.45, 2.75) is 46.4 Å². The van der Waals surface area contributed by atoms with Gasteiger partial charge in [-0.15, -0.1) is 0 Å². The fraction of sp³-hybridized carbons (Fsp3) is 0.538. The minimum absolute atomic E-state index is 0.367. The van der Waals surface area contributed by atoms with Gasteiger partial charge in [-0.25, -0.2) is 4.98 Å². The SMILES string of the molecule is CCn1ccnc1CNC(C)Cn1cc(C)cn1. The fourth-order valence-corrected chi connectivity index (χ4v) is 1.97. The van der Waals surface area contributed by atoms with Crippen LogP contribution in [0.3, 0.4) is 0 Å². The van der Waals surface area contributed by atoms with Crippen LogP contribution in [0.25, 0.3) is 0 Å². The van der Waals surface area contributed by atoms with Crippen LogP contribution in [0.15, 0.2) is 24.8 Å². The van der Waals surface area contributed by atoms with Crippen LogP contribution in [0.5, 0.6) is 0 Å². The molecule has 0 saturated heterocycles. The van der Waals surface area contributed by atoms with Crippen molar-refractivity contribution in [2.24, 2.45) is 0 Å². The number of aryl methyl sites for hydroxylation is 2. The van der Waals surface area contributed by atoms with E-state index in [4.69, 9.17) is 0 Å². The van der Waals surface area contributed by atoms with Gasteiger partial charge in [0, 0.05) is 31.2 Å². The summed E-state index contributed by atoms with van der Waals surface area (Å²) in [5.41, 5.74) is 1.20. The van der Waals surface area contributed by atoms with Gasteiger partial charge in [-0.1, -0.05) is 0 Å². The minimum Gasteiger partial charge on any atom is -0.334 e. The molecule has 0 aliphatic heterocycles. The Morgan fingerprint density at radius 2 is 2.28 bits per heavy atom. The van der Waals surface area contributed by atoms with Gasteiger partial charge in [-0.05, 0) is 26.3 Å². The van der Waals surface area contributed by atoms with Crippen molar-refractivity contribution in [1.82, 2.24) is 24.6 Å². The second-order valence-electron chi connectivity index (χ2n) is 4.65. The summed E-state index contributed by atoms with van der Waals surface area (Å²) in [6.45, 7) is 8.98. The molecule has 0 bridgehead atoms. The molecule has 0 fully saturated rings. The molecule has 1 unspecified atom stereocenters. The standard InChI is InChI=1S/C13H21N5/c1-4-17-6-5-14-13(17)8-15-12(3)10-18-9-11(2)7-16-18/h5-7,9,12,15H,4,8,10H2,1-3H3. The lowest BCUT2D eigenvalue weighted by Crippen LogP contribution is -2.31. The number of nitrogens with one attached hydrogen (secondary N) is 1. The minimum atomic E-state index is 0.367. The average molecular weight is 247 g/mol. The van der Waals surface area contributed by atoms with E-state index in [1.54, 1.807) is 0 Å². The van der Waals surface area contributed by atoms with Crippen LogP contribution < -0.4 is 5.32 Å². The van der Waals surface area contributed by atoms with Crippen molar-refractivity contribution in [3.05, 3.63) is 36.2 Å².